The number of benzene rings is 1. The fourth-order valence-corrected chi connectivity index (χ4v) is 6.16. The fraction of sp³-hybridized carbons (Fsp3) is 0.500. The van der Waals surface area contributed by atoms with E-state index < -0.39 is 10.0 Å². The maximum absolute atomic E-state index is 12.7. The molecule has 1 aliphatic heterocycles. The molecule has 0 radical (unpaired) electrons. The van der Waals surface area contributed by atoms with E-state index in [1.807, 2.05) is 46.7 Å². The van der Waals surface area contributed by atoms with Crippen LogP contribution in [0.15, 0.2) is 47.8 Å². The molecule has 0 aliphatic carbocycles. The summed E-state index contributed by atoms with van der Waals surface area (Å²) in [5, 5.41) is 5.20. The van der Waals surface area contributed by atoms with Crippen LogP contribution in [0.5, 0.6) is 0 Å². The van der Waals surface area contributed by atoms with Crippen LogP contribution in [-0.2, 0) is 20.6 Å². The van der Waals surface area contributed by atoms with E-state index in [4.69, 9.17) is 0 Å². The largest absolute Gasteiger partial charge is 0.347 e. The summed E-state index contributed by atoms with van der Waals surface area (Å²) in [6.45, 7) is 8.58. The number of rotatable bonds is 7. The molecule has 1 amide bonds. The van der Waals surface area contributed by atoms with Gasteiger partial charge in [-0.05, 0) is 22.4 Å². The van der Waals surface area contributed by atoms with Crippen LogP contribution < -0.4 is 5.32 Å². The van der Waals surface area contributed by atoms with E-state index in [2.05, 4.69) is 32.2 Å². The molecule has 0 saturated carbocycles. The van der Waals surface area contributed by atoms with Crippen LogP contribution in [0.4, 0.5) is 0 Å². The molecule has 6 nitrogen and oxygen atoms in total. The zero-order chi connectivity index (χ0) is 21.8. The third-order valence-corrected chi connectivity index (χ3v) is 8.07. The molecule has 1 aromatic heterocycles. The molecule has 1 fully saturated rings. The van der Waals surface area contributed by atoms with E-state index in [0.29, 0.717) is 26.2 Å². The minimum Gasteiger partial charge on any atom is -0.347 e. The summed E-state index contributed by atoms with van der Waals surface area (Å²) in [7, 11) is -3.35. The van der Waals surface area contributed by atoms with Gasteiger partial charge in [0.2, 0.25) is 15.9 Å². The Morgan fingerprint density at radius 3 is 2.30 bits per heavy atom. The molecule has 2 heterocycles. The molecule has 8 heteroatoms. The number of carbonyl (C=O) groups is 1. The zero-order valence-corrected chi connectivity index (χ0v) is 19.5. The zero-order valence-electron chi connectivity index (χ0n) is 17.9. The lowest BCUT2D eigenvalue weighted by atomic mass is 9.85. The Morgan fingerprint density at radius 2 is 1.73 bits per heavy atom. The number of amides is 1. The number of nitrogens with one attached hydrogen (secondary N) is 1. The first-order chi connectivity index (χ1) is 14.1. The Balaban J connectivity index is 1.52. The van der Waals surface area contributed by atoms with Gasteiger partial charge in [0.05, 0.1) is 18.3 Å². The van der Waals surface area contributed by atoms with E-state index in [1.54, 1.807) is 11.3 Å². The highest BCUT2D eigenvalue weighted by atomic mass is 32.2. The average Bonchev–Trinajstić information content (AvgIpc) is 3.20. The third kappa shape index (κ3) is 6.14. The van der Waals surface area contributed by atoms with Crippen molar-refractivity contribution in [2.45, 2.75) is 32.6 Å². The molecule has 1 aromatic carbocycles. The van der Waals surface area contributed by atoms with Crippen LogP contribution in [0.2, 0.25) is 0 Å². The quantitative estimate of drug-likeness (QED) is 0.705. The number of piperazine rings is 1. The van der Waals surface area contributed by atoms with E-state index in [-0.39, 0.29) is 29.7 Å². The number of hydrogen-bond donors (Lipinski definition) is 1. The molecule has 0 spiro atoms. The first kappa shape index (κ1) is 22.9. The second-order valence-electron chi connectivity index (χ2n) is 8.80. The Labute approximate surface area is 183 Å². The molecule has 1 saturated heterocycles. The first-order valence-corrected chi connectivity index (χ1v) is 12.7. The lowest BCUT2D eigenvalue weighted by molar-refractivity contribution is -0.124. The number of sulfonamides is 1. The molecule has 164 valence electrons. The molecule has 1 unspecified atom stereocenters. The average molecular weight is 450 g/mol. The van der Waals surface area contributed by atoms with Gasteiger partial charge in [0.25, 0.3) is 0 Å². The second kappa shape index (κ2) is 9.60. The van der Waals surface area contributed by atoms with Gasteiger partial charge in [-0.1, -0.05) is 57.2 Å². The van der Waals surface area contributed by atoms with Gasteiger partial charge in [-0.3, -0.25) is 9.69 Å². The highest BCUT2D eigenvalue weighted by Gasteiger charge is 2.31. The van der Waals surface area contributed by atoms with Crippen LogP contribution >= 0.6 is 11.3 Å². The Kier molecular flexibility index (Phi) is 7.34. The van der Waals surface area contributed by atoms with Gasteiger partial charge in [-0.25, -0.2) is 8.42 Å². The molecule has 3 rings (SSSR count). The lowest BCUT2D eigenvalue weighted by Gasteiger charge is -2.35. The Bertz CT molecular complexity index is 914. The number of carbonyl (C=O) groups excluding carboxylic acids is 1. The number of hydrogen-bond acceptors (Lipinski definition) is 5. The van der Waals surface area contributed by atoms with Crippen LogP contribution in [0.25, 0.3) is 0 Å². The first-order valence-electron chi connectivity index (χ1n) is 10.2. The van der Waals surface area contributed by atoms with E-state index in [9.17, 15) is 13.2 Å². The molecule has 30 heavy (non-hydrogen) atoms. The van der Waals surface area contributed by atoms with Crippen molar-refractivity contribution in [3.8, 4) is 0 Å². The van der Waals surface area contributed by atoms with Gasteiger partial charge in [0, 0.05) is 31.1 Å². The van der Waals surface area contributed by atoms with Gasteiger partial charge >= 0.3 is 0 Å². The number of thiophene rings is 1. The maximum Gasteiger partial charge on any atom is 0.234 e. The van der Waals surface area contributed by atoms with E-state index in [1.165, 1.54) is 4.31 Å². The normalized spacial score (nSPS) is 17.6. The molecule has 1 N–H and O–H groups in total. The topological polar surface area (TPSA) is 69.7 Å². The molecular weight excluding hydrogens is 418 g/mol. The fourth-order valence-electron chi connectivity index (χ4n) is 3.62. The van der Waals surface area contributed by atoms with Gasteiger partial charge in [0.15, 0.2) is 0 Å². The minimum atomic E-state index is -3.35. The Morgan fingerprint density at radius 1 is 1.07 bits per heavy atom. The SMILES string of the molecule is CC(C)(C)C(NC(=O)CN1CCN(S(=O)(=O)Cc2ccccc2)CC1)c1cccs1. The minimum absolute atomic E-state index is 0.0163. The second-order valence-corrected chi connectivity index (χ2v) is 11.7. The third-order valence-electron chi connectivity index (χ3n) is 5.28. The van der Waals surface area contributed by atoms with Crippen LogP contribution in [0, 0.1) is 5.41 Å². The predicted molar refractivity (Wildman–Crippen MR) is 122 cm³/mol. The molecular formula is C22H31N3O3S2. The highest BCUT2D eigenvalue weighted by molar-refractivity contribution is 7.88. The lowest BCUT2D eigenvalue weighted by Crippen LogP contribution is -2.51. The molecule has 2 aromatic rings. The molecule has 1 atom stereocenters. The summed E-state index contributed by atoms with van der Waals surface area (Å²) in [4.78, 5) is 15.9. The summed E-state index contributed by atoms with van der Waals surface area (Å²) in [5.74, 6) is -0.00788. The van der Waals surface area contributed by atoms with Crippen LogP contribution in [0.3, 0.4) is 0 Å². The van der Waals surface area contributed by atoms with Crippen molar-refractivity contribution in [3.05, 3.63) is 58.3 Å². The van der Waals surface area contributed by atoms with Crippen molar-refractivity contribution in [1.82, 2.24) is 14.5 Å². The Hall–Kier alpha value is -1.74. The summed E-state index contributed by atoms with van der Waals surface area (Å²) in [6, 6.07) is 13.2. The maximum atomic E-state index is 12.7. The standard InChI is InChI=1S/C22H31N3O3S2/c1-22(2,3)21(19-10-7-15-29-19)23-20(26)16-24-11-13-25(14-12-24)30(27,28)17-18-8-5-4-6-9-18/h4-10,15,21H,11-14,16-17H2,1-3H3,(H,23,26). The van der Waals surface area contributed by atoms with Gasteiger partial charge in [-0.2, -0.15) is 4.31 Å². The van der Waals surface area contributed by atoms with Crippen molar-refractivity contribution < 1.29 is 13.2 Å². The monoisotopic (exact) mass is 449 g/mol. The summed E-state index contributed by atoms with van der Waals surface area (Å²) < 4.78 is 26.9. The van der Waals surface area contributed by atoms with Crippen molar-refractivity contribution in [2.24, 2.45) is 5.41 Å². The van der Waals surface area contributed by atoms with Crippen molar-refractivity contribution in [1.29, 1.82) is 0 Å². The van der Waals surface area contributed by atoms with E-state index in [0.717, 1.165) is 10.4 Å². The van der Waals surface area contributed by atoms with Crippen molar-refractivity contribution >= 4 is 27.3 Å². The van der Waals surface area contributed by atoms with Crippen molar-refractivity contribution in [3.63, 3.8) is 0 Å². The van der Waals surface area contributed by atoms with E-state index >= 15 is 0 Å². The highest BCUT2D eigenvalue weighted by Crippen LogP contribution is 2.35. The van der Waals surface area contributed by atoms with Gasteiger partial charge in [0.1, 0.15) is 0 Å². The van der Waals surface area contributed by atoms with Crippen molar-refractivity contribution in [2.75, 3.05) is 32.7 Å². The summed E-state index contributed by atoms with van der Waals surface area (Å²) in [5.41, 5.74) is 0.700. The smallest absolute Gasteiger partial charge is 0.234 e. The summed E-state index contributed by atoms with van der Waals surface area (Å²) in [6.07, 6.45) is 0. The van der Waals surface area contributed by atoms with Crippen LogP contribution in [-0.4, -0.2) is 56.3 Å². The molecule has 0 bridgehead atoms. The molecule has 1 aliphatic rings. The van der Waals surface area contributed by atoms with Gasteiger partial charge in [-0.15, -0.1) is 11.3 Å². The van der Waals surface area contributed by atoms with Crippen LogP contribution in [0.1, 0.15) is 37.3 Å². The van der Waals surface area contributed by atoms with Gasteiger partial charge < -0.3 is 5.32 Å². The summed E-state index contributed by atoms with van der Waals surface area (Å²) >= 11 is 1.65. The number of nitrogens with zero attached hydrogens (tertiary/aromatic N) is 2. The predicted octanol–water partition coefficient (Wildman–Crippen LogP) is 3.10.